The highest BCUT2D eigenvalue weighted by molar-refractivity contribution is 5.85. The third kappa shape index (κ3) is 4.41. The molecule has 1 aliphatic heterocycles. The van der Waals surface area contributed by atoms with Crippen LogP contribution in [0.4, 0.5) is 0 Å². The first-order valence-corrected chi connectivity index (χ1v) is 9.26. The van der Waals surface area contributed by atoms with Crippen molar-refractivity contribution < 1.29 is 15.0 Å². The second-order valence-electron chi connectivity index (χ2n) is 7.35. The second kappa shape index (κ2) is 8.62. The van der Waals surface area contributed by atoms with Gasteiger partial charge in [-0.3, -0.25) is 4.79 Å². The van der Waals surface area contributed by atoms with Crippen molar-refractivity contribution in [1.29, 1.82) is 0 Å². The van der Waals surface area contributed by atoms with Crippen LogP contribution in [0.5, 0.6) is 0 Å². The van der Waals surface area contributed by atoms with E-state index in [-0.39, 0.29) is 31.0 Å². The summed E-state index contributed by atoms with van der Waals surface area (Å²) in [5.74, 6) is 0.472. The Hall–Kier alpha value is -1.95. The zero-order chi connectivity index (χ0) is 18.5. The first-order chi connectivity index (χ1) is 12.6. The Morgan fingerprint density at radius 1 is 1.12 bits per heavy atom. The number of likely N-dealkylation sites (N-methyl/N-ethyl adjacent to an activating group) is 1. The third-order valence-corrected chi connectivity index (χ3v) is 5.36. The largest absolute Gasteiger partial charge is 0.396 e. The number of likely N-dealkylation sites (tertiary alicyclic amines) is 1. The quantitative estimate of drug-likeness (QED) is 0.787. The predicted molar refractivity (Wildman–Crippen MR) is 103 cm³/mol. The van der Waals surface area contributed by atoms with E-state index < -0.39 is 0 Å². The van der Waals surface area contributed by atoms with Crippen molar-refractivity contribution in [3.63, 3.8) is 0 Å². The van der Waals surface area contributed by atoms with Crippen LogP contribution in [0.2, 0.25) is 0 Å². The number of aliphatic hydroxyl groups is 2. The summed E-state index contributed by atoms with van der Waals surface area (Å²) in [4.78, 5) is 16.7. The topological polar surface area (TPSA) is 64.0 Å². The second-order valence-corrected chi connectivity index (χ2v) is 7.35. The molecule has 140 valence electrons. The van der Waals surface area contributed by atoms with Gasteiger partial charge in [-0.25, -0.2) is 0 Å². The number of hydrogen-bond acceptors (Lipinski definition) is 4. The molecule has 26 heavy (non-hydrogen) atoms. The molecule has 1 aliphatic rings. The average molecular weight is 356 g/mol. The van der Waals surface area contributed by atoms with Gasteiger partial charge in [-0.05, 0) is 29.3 Å². The Bertz CT molecular complexity index is 749. The van der Waals surface area contributed by atoms with E-state index in [1.165, 1.54) is 5.39 Å². The van der Waals surface area contributed by atoms with Crippen molar-refractivity contribution in [1.82, 2.24) is 9.80 Å². The van der Waals surface area contributed by atoms with Crippen LogP contribution in [0.3, 0.4) is 0 Å². The molecule has 1 fully saturated rings. The van der Waals surface area contributed by atoms with E-state index in [4.69, 9.17) is 5.11 Å². The molecular formula is C21H28N2O3. The molecule has 0 unspecified atom stereocenters. The molecular weight excluding hydrogens is 328 g/mol. The molecule has 0 radical (unpaired) electrons. The maximum absolute atomic E-state index is 12.8. The summed E-state index contributed by atoms with van der Waals surface area (Å²) in [5, 5.41) is 21.1. The first-order valence-electron chi connectivity index (χ1n) is 9.26. The lowest BCUT2D eigenvalue weighted by molar-refractivity contribution is -0.129. The van der Waals surface area contributed by atoms with Crippen LogP contribution in [0.1, 0.15) is 5.56 Å². The fourth-order valence-corrected chi connectivity index (χ4v) is 3.85. The van der Waals surface area contributed by atoms with E-state index in [2.05, 4.69) is 29.2 Å². The van der Waals surface area contributed by atoms with Crippen molar-refractivity contribution in [3.05, 3.63) is 48.0 Å². The fraction of sp³-hybridized carbons (Fsp3) is 0.476. The van der Waals surface area contributed by atoms with Gasteiger partial charge in [0.1, 0.15) is 0 Å². The lowest BCUT2D eigenvalue weighted by atomic mass is 9.96. The molecule has 2 atom stereocenters. The first kappa shape index (κ1) is 18.8. The smallest absolute Gasteiger partial charge is 0.227 e. The summed E-state index contributed by atoms with van der Waals surface area (Å²) in [6, 6.07) is 14.3. The average Bonchev–Trinajstić information content (AvgIpc) is 3.04. The molecule has 1 heterocycles. The van der Waals surface area contributed by atoms with Gasteiger partial charge in [0, 0.05) is 38.7 Å². The van der Waals surface area contributed by atoms with Crippen LogP contribution in [-0.2, 0) is 11.2 Å². The highest BCUT2D eigenvalue weighted by atomic mass is 16.3. The minimum absolute atomic E-state index is 0.0946. The third-order valence-electron chi connectivity index (χ3n) is 5.36. The molecule has 2 aromatic carbocycles. The van der Waals surface area contributed by atoms with Gasteiger partial charge in [0.2, 0.25) is 5.91 Å². The Balaban J connectivity index is 1.63. The van der Waals surface area contributed by atoms with E-state index >= 15 is 0 Å². The van der Waals surface area contributed by atoms with E-state index in [1.807, 2.05) is 30.1 Å². The number of benzene rings is 2. The lowest BCUT2D eigenvalue weighted by Crippen LogP contribution is -2.34. The van der Waals surface area contributed by atoms with Gasteiger partial charge in [0.25, 0.3) is 0 Å². The summed E-state index contributed by atoms with van der Waals surface area (Å²) in [7, 11) is 1.96. The number of carbonyl (C=O) groups is 1. The monoisotopic (exact) mass is 356 g/mol. The van der Waals surface area contributed by atoms with E-state index in [0.717, 1.165) is 17.5 Å². The molecule has 1 saturated heterocycles. The summed E-state index contributed by atoms with van der Waals surface area (Å²) in [6.07, 6.45) is 0.391. The van der Waals surface area contributed by atoms with Crippen molar-refractivity contribution in [2.24, 2.45) is 11.8 Å². The zero-order valence-corrected chi connectivity index (χ0v) is 15.3. The van der Waals surface area contributed by atoms with Crippen LogP contribution >= 0.6 is 0 Å². The molecule has 5 nitrogen and oxygen atoms in total. The minimum atomic E-state index is 0.0946. The number of hydrogen-bond donors (Lipinski definition) is 2. The number of amides is 1. The Morgan fingerprint density at radius 3 is 2.58 bits per heavy atom. The molecule has 0 saturated carbocycles. The van der Waals surface area contributed by atoms with E-state index in [0.29, 0.717) is 26.1 Å². The van der Waals surface area contributed by atoms with E-state index in [9.17, 15) is 9.90 Å². The standard InChI is InChI=1S/C21H28N2O3/c1-22(8-9-24)12-19-13-23(14-20(19)15-25)21(26)11-16-6-7-17-4-2-3-5-18(17)10-16/h2-7,10,19-20,24-25H,8-9,11-15H2,1H3/t19-,20-/m1/s1. The van der Waals surface area contributed by atoms with Crippen molar-refractivity contribution in [2.75, 3.05) is 46.4 Å². The van der Waals surface area contributed by atoms with Gasteiger partial charge in [-0.1, -0.05) is 42.5 Å². The van der Waals surface area contributed by atoms with Crippen LogP contribution in [0.15, 0.2) is 42.5 Å². The van der Waals surface area contributed by atoms with Gasteiger partial charge in [-0.15, -0.1) is 0 Å². The highest BCUT2D eigenvalue weighted by Crippen LogP contribution is 2.25. The summed E-state index contributed by atoms with van der Waals surface area (Å²) >= 11 is 0. The van der Waals surface area contributed by atoms with Crippen LogP contribution in [0, 0.1) is 11.8 Å². The lowest BCUT2D eigenvalue weighted by Gasteiger charge is -2.23. The van der Waals surface area contributed by atoms with Crippen LogP contribution in [-0.4, -0.2) is 72.4 Å². The minimum Gasteiger partial charge on any atom is -0.396 e. The summed E-state index contributed by atoms with van der Waals surface area (Å²) < 4.78 is 0. The fourth-order valence-electron chi connectivity index (χ4n) is 3.85. The molecule has 2 N–H and O–H groups in total. The Kier molecular flexibility index (Phi) is 6.25. The zero-order valence-electron chi connectivity index (χ0n) is 15.3. The molecule has 2 aromatic rings. The van der Waals surface area contributed by atoms with Crippen molar-refractivity contribution in [3.8, 4) is 0 Å². The van der Waals surface area contributed by atoms with Crippen LogP contribution < -0.4 is 0 Å². The normalized spacial score (nSPS) is 20.2. The van der Waals surface area contributed by atoms with Crippen molar-refractivity contribution in [2.45, 2.75) is 6.42 Å². The summed E-state index contributed by atoms with van der Waals surface area (Å²) in [6.45, 7) is 2.90. The number of aliphatic hydroxyl groups excluding tert-OH is 2. The van der Waals surface area contributed by atoms with Gasteiger partial charge < -0.3 is 20.0 Å². The number of carbonyl (C=O) groups excluding carboxylic acids is 1. The van der Waals surface area contributed by atoms with Gasteiger partial charge >= 0.3 is 0 Å². The van der Waals surface area contributed by atoms with Crippen LogP contribution in [0.25, 0.3) is 10.8 Å². The molecule has 1 amide bonds. The predicted octanol–water partition coefficient (Wildman–Crippen LogP) is 1.37. The molecule has 0 aliphatic carbocycles. The molecule has 5 heteroatoms. The maximum atomic E-state index is 12.8. The van der Waals surface area contributed by atoms with E-state index in [1.54, 1.807) is 0 Å². The molecule has 0 spiro atoms. The molecule has 0 aromatic heterocycles. The van der Waals surface area contributed by atoms with Crippen molar-refractivity contribution >= 4 is 16.7 Å². The number of nitrogens with zero attached hydrogens (tertiary/aromatic N) is 2. The molecule has 3 rings (SSSR count). The van der Waals surface area contributed by atoms with Gasteiger partial charge in [0.05, 0.1) is 13.0 Å². The van der Waals surface area contributed by atoms with Gasteiger partial charge in [-0.2, -0.15) is 0 Å². The SMILES string of the molecule is CN(CCO)C[C@@H]1CN(C(=O)Cc2ccc3ccccc3c2)C[C@@H]1CO. The Morgan fingerprint density at radius 2 is 1.85 bits per heavy atom. The Labute approximate surface area is 154 Å². The maximum Gasteiger partial charge on any atom is 0.227 e. The highest BCUT2D eigenvalue weighted by Gasteiger charge is 2.35. The summed E-state index contributed by atoms with van der Waals surface area (Å²) in [5.41, 5.74) is 1.02. The number of rotatable bonds is 7. The molecule has 0 bridgehead atoms. The van der Waals surface area contributed by atoms with Gasteiger partial charge in [0.15, 0.2) is 0 Å². The number of fused-ring (bicyclic) bond motifs is 1.